The predicted octanol–water partition coefficient (Wildman–Crippen LogP) is 20.4. The molecule has 0 aliphatic carbocycles. The molecule has 0 saturated heterocycles. The fourth-order valence-corrected chi connectivity index (χ4v) is 10.3. The van der Waals surface area contributed by atoms with Gasteiger partial charge in [0.05, 0.1) is 0 Å². The Morgan fingerprint density at radius 1 is 0.171 bits per heavy atom. The molecule has 0 aliphatic rings. The second-order valence-electron chi connectivity index (χ2n) is 23.4. The number of unbranched alkanes of at least 4 members (excludes halogenated alkanes) is 46. The van der Waals surface area contributed by atoms with E-state index in [1.165, 1.54) is 295 Å². The summed E-state index contributed by atoms with van der Waals surface area (Å²) in [5.74, 6) is 0.651. The summed E-state index contributed by atoms with van der Waals surface area (Å²) in [6, 6.07) is 0. The van der Waals surface area contributed by atoms with Gasteiger partial charge in [-0.1, -0.05) is 323 Å². The zero-order valence-corrected chi connectivity index (χ0v) is 52.1. The molecule has 0 aromatic rings. The van der Waals surface area contributed by atoms with Crippen LogP contribution in [-0.4, -0.2) is 49.8 Å². The third-order valence-corrected chi connectivity index (χ3v) is 15.5. The number of amides is 4. The van der Waals surface area contributed by atoms with E-state index in [0.717, 1.165) is 38.5 Å². The molecule has 0 radical (unpaired) electrons. The van der Waals surface area contributed by atoms with Gasteiger partial charge in [-0.25, -0.2) is 0 Å². The largest absolute Gasteiger partial charge is 0.356 e. The molecule has 0 aliphatic heterocycles. The number of carbonyl (C=O) groups excluding carboxylic acids is 4. The summed E-state index contributed by atoms with van der Waals surface area (Å²) in [6.07, 6.45) is 70.4. The average molecular weight is 1070 g/mol. The summed E-state index contributed by atoms with van der Waals surface area (Å²) in [4.78, 5) is 47.9. The minimum absolute atomic E-state index is 0.162. The molecule has 0 unspecified atom stereocenters. The highest BCUT2D eigenvalue weighted by Gasteiger charge is 2.06. The van der Waals surface area contributed by atoms with E-state index >= 15 is 0 Å². The van der Waals surface area contributed by atoms with E-state index in [0.29, 0.717) is 51.9 Å². The van der Waals surface area contributed by atoms with Gasteiger partial charge in [0.2, 0.25) is 23.6 Å². The van der Waals surface area contributed by atoms with Crippen molar-refractivity contribution >= 4 is 23.6 Å². The number of hydrogen-bond donors (Lipinski definition) is 4. The van der Waals surface area contributed by atoms with Crippen LogP contribution in [-0.2, 0) is 19.2 Å². The molecule has 0 spiro atoms. The van der Waals surface area contributed by atoms with Gasteiger partial charge in [-0.05, 0) is 38.5 Å². The molecule has 0 rings (SSSR count). The van der Waals surface area contributed by atoms with Crippen molar-refractivity contribution < 1.29 is 19.2 Å². The van der Waals surface area contributed by atoms with Crippen molar-refractivity contribution in [3.05, 3.63) is 0 Å². The molecular formula is C68H136N4O4. The highest BCUT2D eigenvalue weighted by atomic mass is 16.2. The summed E-state index contributed by atoms with van der Waals surface area (Å²) < 4.78 is 0. The number of hydrogen-bond acceptors (Lipinski definition) is 4. The van der Waals surface area contributed by atoms with Gasteiger partial charge in [-0.15, -0.1) is 0 Å². The lowest BCUT2D eigenvalue weighted by Crippen LogP contribution is -2.29. The van der Waals surface area contributed by atoms with Gasteiger partial charge in [-0.2, -0.15) is 0 Å². The standard InChI is InChI=1S/C35H70N2O2.C33H66N2O2/c1-3-5-7-9-11-13-15-17-19-21-23-25-27-30-34(38)36-32-29-33-37-35(39)31-28-26-24-22-20-18-16-14-12-10-8-6-4-2;1-3-5-7-9-11-13-15-17-19-21-23-25-28-32(36)34-30-27-31-35-33(37)29-26-24-22-20-18-16-14-12-10-8-6-4-2/h3-33H2,1-2H3,(H,36,38)(H,37,39);3-31H2,1-2H3,(H,34,36)(H,35,37). The van der Waals surface area contributed by atoms with Crippen molar-refractivity contribution in [1.82, 2.24) is 21.3 Å². The van der Waals surface area contributed by atoms with E-state index in [1.54, 1.807) is 0 Å². The fraction of sp³-hybridized carbons (Fsp3) is 0.941. The maximum Gasteiger partial charge on any atom is 0.219 e. The highest BCUT2D eigenvalue weighted by Crippen LogP contribution is 2.17. The second-order valence-corrected chi connectivity index (χ2v) is 23.4. The van der Waals surface area contributed by atoms with E-state index in [2.05, 4.69) is 49.0 Å². The first kappa shape index (κ1) is 75.9. The van der Waals surface area contributed by atoms with Crippen LogP contribution in [0.25, 0.3) is 0 Å². The maximum atomic E-state index is 12.0. The van der Waals surface area contributed by atoms with E-state index < -0.39 is 0 Å². The minimum atomic E-state index is 0.162. The van der Waals surface area contributed by atoms with Gasteiger partial charge < -0.3 is 21.3 Å². The molecule has 0 aromatic carbocycles. The lowest BCUT2D eigenvalue weighted by molar-refractivity contribution is -0.122. The van der Waals surface area contributed by atoms with Crippen LogP contribution in [0.2, 0.25) is 0 Å². The van der Waals surface area contributed by atoms with E-state index in [4.69, 9.17) is 0 Å². The molecular weight excluding hydrogens is 937 g/mol. The minimum Gasteiger partial charge on any atom is -0.356 e. The zero-order valence-electron chi connectivity index (χ0n) is 52.1. The molecule has 8 nitrogen and oxygen atoms in total. The lowest BCUT2D eigenvalue weighted by atomic mass is 10.0. The molecule has 0 atom stereocenters. The van der Waals surface area contributed by atoms with Crippen LogP contribution in [0.5, 0.6) is 0 Å². The molecule has 4 N–H and O–H groups in total. The van der Waals surface area contributed by atoms with Gasteiger partial charge >= 0.3 is 0 Å². The SMILES string of the molecule is CCCCCCCCCCCCCCC(=O)NCCCNC(=O)CCCCCCCCCCCCCC.CCCCCCCCCCCCCCCC(=O)NCCCNC(=O)CCCCCCCCCCCCCCC. The number of nitrogens with one attached hydrogen (secondary N) is 4. The van der Waals surface area contributed by atoms with Crippen LogP contribution in [0.3, 0.4) is 0 Å². The molecule has 76 heavy (non-hydrogen) atoms. The van der Waals surface area contributed by atoms with Crippen LogP contribution in [0.15, 0.2) is 0 Å². The number of carbonyl (C=O) groups is 4. The molecule has 4 amide bonds. The van der Waals surface area contributed by atoms with Crippen molar-refractivity contribution in [2.75, 3.05) is 26.2 Å². The Labute approximate surface area is 475 Å². The first-order chi connectivity index (χ1) is 37.4. The van der Waals surface area contributed by atoms with Gasteiger partial charge in [0, 0.05) is 51.9 Å². The van der Waals surface area contributed by atoms with Crippen molar-refractivity contribution in [2.24, 2.45) is 0 Å². The quantitative estimate of drug-likeness (QED) is 0.0454. The smallest absolute Gasteiger partial charge is 0.219 e. The zero-order chi connectivity index (χ0) is 55.6. The summed E-state index contributed by atoms with van der Waals surface area (Å²) in [7, 11) is 0. The topological polar surface area (TPSA) is 116 Å². The van der Waals surface area contributed by atoms with Crippen molar-refractivity contribution in [2.45, 2.75) is 387 Å². The fourth-order valence-electron chi connectivity index (χ4n) is 10.3. The van der Waals surface area contributed by atoms with Gasteiger partial charge in [0.1, 0.15) is 0 Å². The van der Waals surface area contributed by atoms with E-state index in [-0.39, 0.29) is 23.6 Å². The summed E-state index contributed by atoms with van der Waals surface area (Å²) in [6.45, 7) is 11.7. The molecule has 0 saturated carbocycles. The van der Waals surface area contributed by atoms with Crippen LogP contribution < -0.4 is 21.3 Å². The Hall–Kier alpha value is -2.12. The third-order valence-electron chi connectivity index (χ3n) is 15.5. The Bertz CT molecular complexity index is 1080. The first-order valence-electron chi connectivity index (χ1n) is 34.5. The Morgan fingerprint density at radius 2 is 0.289 bits per heavy atom. The van der Waals surface area contributed by atoms with Crippen LogP contribution >= 0.6 is 0 Å². The van der Waals surface area contributed by atoms with Crippen molar-refractivity contribution in [3.63, 3.8) is 0 Å². The Kier molecular flexibility index (Phi) is 68.9. The first-order valence-corrected chi connectivity index (χ1v) is 34.5. The molecule has 0 aromatic heterocycles. The van der Waals surface area contributed by atoms with Crippen LogP contribution in [0.4, 0.5) is 0 Å². The van der Waals surface area contributed by atoms with Gasteiger partial charge in [0.15, 0.2) is 0 Å². The average Bonchev–Trinajstić information content (AvgIpc) is 3.41. The van der Waals surface area contributed by atoms with E-state index in [9.17, 15) is 19.2 Å². The van der Waals surface area contributed by atoms with Crippen molar-refractivity contribution in [1.29, 1.82) is 0 Å². The van der Waals surface area contributed by atoms with Gasteiger partial charge in [0.25, 0.3) is 0 Å². The maximum absolute atomic E-state index is 12.0. The highest BCUT2D eigenvalue weighted by molar-refractivity contribution is 5.77. The number of rotatable bonds is 62. The third kappa shape index (κ3) is 69.9. The van der Waals surface area contributed by atoms with E-state index in [1.807, 2.05) is 0 Å². The molecule has 0 heterocycles. The summed E-state index contributed by atoms with van der Waals surface area (Å²) in [5.41, 5.74) is 0. The normalized spacial score (nSPS) is 11.1. The van der Waals surface area contributed by atoms with Gasteiger partial charge in [-0.3, -0.25) is 19.2 Å². The lowest BCUT2D eigenvalue weighted by Gasteiger charge is -2.07. The molecule has 8 heteroatoms. The summed E-state index contributed by atoms with van der Waals surface area (Å²) >= 11 is 0. The predicted molar refractivity (Wildman–Crippen MR) is 333 cm³/mol. The van der Waals surface area contributed by atoms with Crippen LogP contribution in [0, 0.1) is 0 Å². The second kappa shape index (κ2) is 69.0. The van der Waals surface area contributed by atoms with Crippen molar-refractivity contribution in [3.8, 4) is 0 Å². The van der Waals surface area contributed by atoms with Crippen LogP contribution in [0.1, 0.15) is 387 Å². The summed E-state index contributed by atoms with van der Waals surface area (Å²) in [5, 5.41) is 12.0. The monoisotopic (exact) mass is 1070 g/mol. The molecule has 452 valence electrons. The molecule has 0 bridgehead atoms. The Morgan fingerprint density at radius 3 is 0.421 bits per heavy atom. The molecule has 0 fully saturated rings. The Balaban J connectivity index is 0.